The third-order valence-corrected chi connectivity index (χ3v) is 2.61. The third kappa shape index (κ3) is 1.94. The van der Waals surface area contributed by atoms with Gasteiger partial charge in [-0.15, -0.1) is 0 Å². The fourth-order valence-corrected chi connectivity index (χ4v) is 1.82. The van der Waals surface area contributed by atoms with Crippen LogP contribution in [0.1, 0.15) is 20.3 Å². The normalized spacial score (nSPS) is 36.0. The Morgan fingerprint density at radius 3 is 2.44 bits per heavy atom. The summed E-state index contributed by atoms with van der Waals surface area (Å²) in [6.45, 7) is 5.67. The zero-order valence-electron chi connectivity index (χ0n) is 6.02. The quantitative estimate of drug-likeness (QED) is 0.624. The molecule has 1 aliphatic heterocycles. The molecule has 9 heavy (non-hydrogen) atoms. The van der Waals surface area contributed by atoms with Crippen LogP contribution in [0.15, 0.2) is 0 Å². The van der Waals surface area contributed by atoms with Crippen LogP contribution in [-0.4, -0.2) is 17.4 Å². The van der Waals surface area contributed by atoms with Crippen molar-refractivity contribution in [3.63, 3.8) is 0 Å². The van der Waals surface area contributed by atoms with E-state index >= 15 is 0 Å². The van der Waals surface area contributed by atoms with Gasteiger partial charge in [0.1, 0.15) is 0 Å². The Labute approximate surface area is 65.3 Å². The van der Waals surface area contributed by atoms with Gasteiger partial charge in [0.2, 0.25) is 0 Å². The topological polar surface area (TPSA) is 12.0 Å². The van der Waals surface area contributed by atoms with E-state index in [0.29, 0.717) is 4.83 Å². The summed E-state index contributed by atoms with van der Waals surface area (Å²) >= 11 is 3.58. The SMILES string of the molecule is CC(C)C1CC(Br)CN1. The van der Waals surface area contributed by atoms with Crippen molar-refractivity contribution in [1.29, 1.82) is 0 Å². The number of alkyl halides is 1. The largest absolute Gasteiger partial charge is 0.313 e. The Balaban J connectivity index is 2.30. The van der Waals surface area contributed by atoms with Crippen molar-refractivity contribution in [2.24, 2.45) is 5.92 Å². The second-order valence-corrected chi connectivity index (χ2v) is 4.39. The highest BCUT2D eigenvalue weighted by Crippen LogP contribution is 2.19. The minimum atomic E-state index is 0.713. The van der Waals surface area contributed by atoms with Crippen LogP contribution < -0.4 is 5.32 Å². The van der Waals surface area contributed by atoms with Crippen LogP contribution in [0.2, 0.25) is 0 Å². The Morgan fingerprint density at radius 2 is 2.22 bits per heavy atom. The smallest absolute Gasteiger partial charge is 0.0285 e. The lowest BCUT2D eigenvalue weighted by Gasteiger charge is -2.13. The van der Waals surface area contributed by atoms with Crippen molar-refractivity contribution in [3.05, 3.63) is 0 Å². The van der Waals surface area contributed by atoms with Gasteiger partial charge in [-0.2, -0.15) is 0 Å². The Bertz CT molecular complexity index is 92.9. The molecule has 1 heterocycles. The lowest BCUT2D eigenvalue weighted by molar-refractivity contribution is 0.453. The summed E-state index contributed by atoms with van der Waals surface area (Å²) < 4.78 is 0. The first-order valence-electron chi connectivity index (χ1n) is 3.57. The molecule has 2 unspecified atom stereocenters. The molecular weight excluding hydrogens is 178 g/mol. The molecule has 1 rings (SSSR count). The number of rotatable bonds is 1. The van der Waals surface area contributed by atoms with E-state index in [1.54, 1.807) is 0 Å². The maximum atomic E-state index is 3.58. The van der Waals surface area contributed by atoms with Crippen molar-refractivity contribution in [2.75, 3.05) is 6.54 Å². The first-order valence-corrected chi connectivity index (χ1v) is 4.49. The van der Waals surface area contributed by atoms with Crippen LogP contribution >= 0.6 is 15.9 Å². The van der Waals surface area contributed by atoms with Crippen LogP contribution in [0.25, 0.3) is 0 Å². The summed E-state index contributed by atoms with van der Waals surface area (Å²) in [4.78, 5) is 0.713. The van der Waals surface area contributed by atoms with Crippen LogP contribution in [0.4, 0.5) is 0 Å². The number of hydrogen-bond acceptors (Lipinski definition) is 1. The first kappa shape index (κ1) is 7.55. The van der Waals surface area contributed by atoms with Gasteiger partial charge >= 0.3 is 0 Å². The molecule has 0 saturated carbocycles. The maximum absolute atomic E-state index is 3.58. The molecule has 0 aromatic rings. The van der Waals surface area contributed by atoms with E-state index in [4.69, 9.17) is 0 Å². The van der Waals surface area contributed by atoms with Crippen molar-refractivity contribution in [1.82, 2.24) is 5.32 Å². The summed E-state index contributed by atoms with van der Waals surface area (Å²) in [5.41, 5.74) is 0. The summed E-state index contributed by atoms with van der Waals surface area (Å²) in [5, 5.41) is 3.46. The summed E-state index contributed by atoms with van der Waals surface area (Å²) in [6.07, 6.45) is 1.29. The average Bonchev–Trinajstić information content (AvgIpc) is 2.14. The zero-order valence-corrected chi connectivity index (χ0v) is 7.61. The molecule has 1 saturated heterocycles. The molecule has 54 valence electrons. The molecule has 0 radical (unpaired) electrons. The van der Waals surface area contributed by atoms with Crippen molar-refractivity contribution in [3.8, 4) is 0 Å². The predicted octanol–water partition coefficient (Wildman–Crippen LogP) is 1.77. The van der Waals surface area contributed by atoms with E-state index in [2.05, 4.69) is 35.1 Å². The molecule has 2 atom stereocenters. The van der Waals surface area contributed by atoms with Crippen LogP contribution in [0.5, 0.6) is 0 Å². The van der Waals surface area contributed by atoms with Gasteiger partial charge in [0.15, 0.2) is 0 Å². The summed E-state index contributed by atoms with van der Waals surface area (Å²) in [7, 11) is 0. The van der Waals surface area contributed by atoms with Gasteiger partial charge < -0.3 is 5.32 Å². The lowest BCUT2D eigenvalue weighted by Crippen LogP contribution is -2.26. The first-order chi connectivity index (χ1) is 4.20. The van der Waals surface area contributed by atoms with E-state index in [1.165, 1.54) is 6.42 Å². The van der Waals surface area contributed by atoms with E-state index in [9.17, 15) is 0 Å². The fourth-order valence-electron chi connectivity index (χ4n) is 1.23. The summed E-state index contributed by atoms with van der Waals surface area (Å²) in [5.74, 6) is 0.785. The monoisotopic (exact) mass is 191 g/mol. The van der Waals surface area contributed by atoms with Crippen LogP contribution in [0, 0.1) is 5.92 Å². The van der Waals surface area contributed by atoms with E-state index in [0.717, 1.165) is 18.5 Å². The minimum absolute atomic E-state index is 0.713. The van der Waals surface area contributed by atoms with Crippen molar-refractivity contribution < 1.29 is 0 Å². The standard InChI is InChI=1S/C7H14BrN/c1-5(2)7-3-6(8)4-9-7/h5-7,9H,3-4H2,1-2H3. The second kappa shape index (κ2) is 3.02. The lowest BCUT2D eigenvalue weighted by atomic mass is 10.0. The highest BCUT2D eigenvalue weighted by atomic mass is 79.9. The van der Waals surface area contributed by atoms with Crippen LogP contribution in [-0.2, 0) is 0 Å². The summed E-state index contributed by atoms with van der Waals surface area (Å²) in [6, 6.07) is 0.745. The van der Waals surface area contributed by atoms with Crippen LogP contribution in [0.3, 0.4) is 0 Å². The molecule has 1 fully saturated rings. The molecule has 0 spiro atoms. The molecule has 1 N–H and O–H groups in total. The number of hydrogen-bond donors (Lipinski definition) is 1. The Hall–Kier alpha value is 0.440. The Kier molecular flexibility index (Phi) is 2.53. The number of nitrogens with one attached hydrogen (secondary N) is 1. The Morgan fingerprint density at radius 1 is 1.56 bits per heavy atom. The van der Waals surface area contributed by atoms with Gasteiger partial charge in [0.05, 0.1) is 0 Å². The van der Waals surface area contributed by atoms with E-state index < -0.39 is 0 Å². The minimum Gasteiger partial charge on any atom is -0.313 e. The van der Waals surface area contributed by atoms with E-state index in [-0.39, 0.29) is 0 Å². The highest BCUT2D eigenvalue weighted by Gasteiger charge is 2.23. The maximum Gasteiger partial charge on any atom is 0.0285 e. The van der Waals surface area contributed by atoms with Gasteiger partial charge in [0, 0.05) is 17.4 Å². The molecule has 0 aliphatic carbocycles. The molecule has 0 bridgehead atoms. The second-order valence-electron chi connectivity index (χ2n) is 3.09. The third-order valence-electron chi connectivity index (χ3n) is 1.92. The molecule has 0 amide bonds. The van der Waals surface area contributed by atoms with Gasteiger partial charge in [-0.05, 0) is 12.3 Å². The van der Waals surface area contributed by atoms with Gasteiger partial charge in [0.25, 0.3) is 0 Å². The van der Waals surface area contributed by atoms with Gasteiger partial charge in [-0.25, -0.2) is 0 Å². The predicted molar refractivity (Wildman–Crippen MR) is 44.0 cm³/mol. The molecule has 1 nitrogen and oxygen atoms in total. The van der Waals surface area contributed by atoms with E-state index in [1.807, 2.05) is 0 Å². The molecular formula is C7H14BrN. The van der Waals surface area contributed by atoms with Crippen molar-refractivity contribution >= 4 is 15.9 Å². The number of halogens is 1. The highest BCUT2D eigenvalue weighted by molar-refractivity contribution is 9.09. The average molecular weight is 192 g/mol. The molecule has 1 aliphatic rings. The molecule has 0 aromatic heterocycles. The fraction of sp³-hybridized carbons (Fsp3) is 1.00. The van der Waals surface area contributed by atoms with Gasteiger partial charge in [-0.1, -0.05) is 29.8 Å². The van der Waals surface area contributed by atoms with Crippen molar-refractivity contribution in [2.45, 2.75) is 31.1 Å². The zero-order chi connectivity index (χ0) is 6.85. The van der Waals surface area contributed by atoms with Gasteiger partial charge in [-0.3, -0.25) is 0 Å². The molecule has 0 aromatic carbocycles. The molecule has 2 heteroatoms.